The van der Waals surface area contributed by atoms with E-state index < -0.39 is 29.3 Å². The molecule has 3 aliphatic carbocycles. The minimum atomic E-state index is -0.628. The number of carbonyl (C=O) groups is 3. The molecule has 3 saturated carbocycles. The molecule has 8 atom stereocenters. The smallest absolute Gasteiger partial charge is 0.338 e. The Morgan fingerprint density at radius 3 is 1.79 bits per heavy atom. The van der Waals surface area contributed by atoms with Gasteiger partial charge in [-0.25, -0.2) is 9.59 Å². The van der Waals surface area contributed by atoms with Crippen molar-refractivity contribution in [2.24, 2.45) is 11.8 Å². The van der Waals surface area contributed by atoms with E-state index in [0.29, 0.717) is 34.7 Å². The summed E-state index contributed by atoms with van der Waals surface area (Å²) in [4.78, 5) is 39.4. The van der Waals surface area contributed by atoms with Crippen molar-refractivity contribution in [3.63, 3.8) is 0 Å². The molecule has 172 valence electrons. The van der Waals surface area contributed by atoms with Gasteiger partial charge in [-0.1, -0.05) is 36.4 Å². The van der Waals surface area contributed by atoms with Gasteiger partial charge < -0.3 is 9.47 Å². The molecular weight excluding hydrogens is 454 g/mol. The summed E-state index contributed by atoms with van der Waals surface area (Å²) in [6.45, 7) is 4.24. The summed E-state index contributed by atoms with van der Waals surface area (Å²) in [6, 6.07) is 17.8. The van der Waals surface area contributed by atoms with Crippen molar-refractivity contribution in [1.82, 2.24) is 0 Å². The SMILES string of the molecule is CPC12CC(PC)(C(OC(=O)c3ccccc3)C1OC(=O)c1ccccc1)C1C(=O)CCC12. The highest BCUT2D eigenvalue weighted by Gasteiger charge is 2.78. The topological polar surface area (TPSA) is 69.7 Å². The van der Waals surface area contributed by atoms with Crippen molar-refractivity contribution < 1.29 is 23.9 Å². The van der Waals surface area contributed by atoms with Gasteiger partial charge in [0.05, 0.1) is 11.1 Å². The van der Waals surface area contributed by atoms with Crippen LogP contribution in [0, 0.1) is 11.8 Å². The van der Waals surface area contributed by atoms with Crippen LogP contribution < -0.4 is 0 Å². The molecule has 8 unspecified atom stereocenters. The number of ketones is 1. The van der Waals surface area contributed by atoms with Gasteiger partial charge >= 0.3 is 11.9 Å². The Morgan fingerprint density at radius 1 is 0.818 bits per heavy atom. The summed E-state index contributed by atoms with van der Waals surface area (Å²) < 4.78 is 12.4. The quantitative estimate of drug-likeness (QED) is 0.447. The van der Waals surface area contributed by atoms with E-state index in [4.69, 9.17) is 9.47 Å². The van der Waals surface area contributed by atoms with E-state index in [1.165, 1.54) is 0 Å². The molecular formula is C26H28O5P2. The van der Waals surface area contributed by atoms with Crippen LogP contribution in [0.2, 0.25) is 0 Å². The molecule has 0 N–H and O–H groups in total. The van der Waals surface area contributed by atoms with Crippen LogP contribution in [0.4, 0.5) is 0 Å². The number of carbonyl (C=O) groups excluding carboxylic acids is 3. The lowest BCUT2D eigenvalue weighted by atomic mass is 9.77. The number of benzene rings is 2. The maximum atomic E-state index is 13.2. The average molecular weight is 482 g/mol. The third-order valence-electron chi connectivity index (χ3n) is 7.96. The van der Waals surface area contributed by atoms with Crippen LogP contribution in [0.25, 0.3) is 0 Å². The Labute approximate surface area is 197 Å². The van der Waals surface area contributed by atoms with E-state index in [1.807, 2.05) is 24.3 Å². The maximum Gasteiger partial charge on any atom is 0.338 e. The summed E-state index contributed by atoms with van der Waals surface area (Å²) in [5.74, 6) is -0.484. The molecule has 2 bridgehead atoms. The first-order chi connectivity index (χ1) is 16.0. The summed E-state index contributed by atoms with van der Waals surface area (Å²) in [7, 11) is 0.888. The molecule has 3 fully saturated rings. The maximum absolute atomic E-state index is 13.2. The van der Waals surface area contributed by atoms with Gasteiger partial charge in [-0.2, -0.15) is 0 Å². The predicted molar refractivity (Wildman–Crippen MR) is 131 cm³/mol. The van der Waals surface area contributed by atoms with Crippen LogP contribution in [-0.2, 0) is 14.3 Å². The van der Waals surface area contributed by atoms with Gasteiger partial charge in [0.25, 0.3) is 0 Å². The first kappa shape index (κ1) is 22.7. The number of Topliss-reactive ketones (excluding diaryl/α,β-unsaturated/α-hetero) is 1. The standard InChI is InChI=1S/C26H28O5P2/c1-32-25-15-26(33-2,20-18(25)13-14-19(20)27)22(31-24(29)17-11-7-4-8-12-17)21(25)30-23(28)16-9-5-3-6-10-16/h3-12,18,20-22,32-33H,13-15H2,1-2H3. The van der Waals surface area contributed by atoms with Crippen LogP contribution in [0.1, 0.15) is 40.0 Å². The lowest BCUT2D eigenvalue weighted by Gasteiger charge is -2.47. The van der Waals surface area contributed by atoms with Crippen molar-refractivity contribution in [1.29, 1.82) is 0 Å². The fraction of sp³-hybridized carbons (Fsp3) is 0.423. The number of fused-ring (bicyclic) bond motifs is 5. The molecule has 33 heavy (non-hydrogen) atoms. The molecule has 0 amide bonds. The summed E-state index contributed by atoms with van der Waals surface area (Å²) >= 11 is 0. The van der Waals surface area contributed by atoms with Crippen molar-refractivity contribution in [2.75, 3.05) is 13.3 Å². The van der Waals surface area contributed by atoms with Crippen molar-refractivity contribution in [3.05, 3.63) is 71.8 Å². The number of rotatable bonds is 6. The lowest BCUT2D eigenvalue weighted by Crippen LogP contribution is -2.58. The van der Waals surface area contributed by atoms with Crippen LogP contribution in [0.3, 0.4) is 0 Å². The van der Waals surface area contributed by atoms with Gasteiger partial charge in [0.15, 0.2) is 0 Å². The van der Waals surface area contributed by atoms with Crippen LogP contribution in [0.5, 0.6) is 0 Å². The normalized spacial score (nSPS) is 34.9. The zero-order chi connectivity index (χ0) is 23.2. The largest absolute Gasteiger partial charge is 0.454 e. The highest BCUT2D eigenvalue weighted by Crippen LogP contribution is 2.74. The zero-order valence-electron chi connectivity index (χ0n) is 18.7. The number of hydrogen-bond acceptors (Lipinski definition) is 5. The molecule has 2 aromatic rings. The van der Waals surface area contributed by atoms with Crippen LogP contribution in [0.15, 0.2) is 60.7 Å². The van der Waals surface area contributed by atoms with Crippen LogP contribution in [-0.4, -0.2) is 53.6 Å². The molecule has 0 aromatic heterocycles. The molecule has 0 heterocycles. The highest BCUT2D eigenvalue weighted by molar-refractivity contribution is 7.41. The second-order valence-corrected chi connectivity index (χ2v) is 12.1. The molecule has 0 spiro atoms. The van der Waals surface area contributed by atoms with Gasteiger partial charge in [-0.15, -0.1) is 17.2 Å². The lowest BCUT2D eigenvalue weighted by molar-refractivity contribution is -0.125. The monoisotopic (exact) mass is 482 g/mol. The molecule has 0 saturated heterocycles. The van der Waals surface area contributed by atoms with Crippen molar-refractivity contribution in [2.45, 2.75) is 41.8 Å². The van der Waals surface area contributed by atoms with E-state index >= 15 is 0 Å². The number of hydrogen-bond donors (Lipinski definition) is 0. The van der Waals surface area contributed by atoms with Crippen molar-refractivity contribution >= 4 is 34.9 Å². The summed E-state index contributed by atoms with van der Waals surface area (Å²) in [5.41, 5.74) is 0.945. The van der Waals surface area contributed by atoms with Crippen LogP contribution >= 0.6 is 17.2 Å². The van der Waals surface area contributed by atoms with E-state index in [-0.39, 0.29) is 22.8 Å². The Kier molecular flexibility index (Phi) is 5.91. The molecule has 7 heteroatoms. The molecule has 5 rings (SSSR count). The number of ether oxygens (including phenoxy) is 2. The van der Waals surface area contributed by atoms with Gasteiger partial charge in [0.2, 0.25) is 0 Å². The molecule has 0 aliphatic heterocycles. The van der Waals surface area contributed by atoms with E-state index in [2.05, 4.69) is 13.3 Å². The van der Waals surface area contributed by atoms with Gasteiger partial charge in [-0.05, 0) is 56.4 Å². The Morgan fingerprint density at radius 2 is 1.30 bits per heavy atom. The third kappa shape index (κ3) is 3.39. The zero-order valence-corrected chi connectivity index (χ0v) is 20.7. The van der Waals surface area contributed by atoms with Gasteiger partial charge in [0, 0.05) is 22.7 Å². The van der Waals surface area contributed by atoms with Crippen molar-refractivity contribution in [3.8, 4) is 0 Å². The first-order valence-corrected chi connectivity index (χ1v) is 14.4. The molecule has 0 radical (unpaired) electrons. The number of esters is 2. The molecule has 5 nitrogen and oxygen atoms in total. The second kappa shape index (κ2) is 8.60. The van der Waals surface area contributed by atoms with Gasteiger partial charge in [0.1, 0.15) is 18.0 Å². The average Bonchev–Trinajstić information content (AvgIpc) is 3.48. The summed E-state index contributed by atoms with van der Waals surface area (Å²) in [6.07, 6.45) is 0.976. The molecule has 2 aromatic carbocycles. The Balaban J connectivity index is 1.56. The second-order valence-electron chi connectivity index (χ2n) is 9.23. The fourth-order valence-electron chi connectivity index (χ4n) is 6.55. The van der Waals surface area contributed by atoms with E-state index in [9.17, 15) is 14.4 Å². The molecule has 3 aliphatic rings. The first-order valence-electron chi connectivity index (χ1n) is 11.4. The third-order valence-corrected chi connectivity index (χ3v) is 11.4. The highest BCUT2D eigenvalue weighted by atomic mass is 31.1. The summed E-state index contributed by atoms with van der Waals surface area (Å²) in [5, 5.41) is -0.792. The Hall–Kier alpha value is -2.09. The minimum Gasteiger partial charge on any atom is -0.454 e. The predicted octanol–water partition coefficient (Wildman–Crippen LogP) is 4.54. The van der Waals surface area contributed by atoms with Gasteiger partial charge in [-0.3, -0.25) is 4.79 Å². The minimum absolute atomic E-state index is 0.117. The Bertz CT molecular complexity index is 1070. The van der Waals surface area contributed by atoms with E-state index in [0.717, 1.165) is 12.8 Å². The van der Waals surface area contributed by atoms with E-state index in [1.54, 1.807) is 36.4 Å². The fourth-order valence-corrected chi connectivity index (χ4v) is 10.0.